The third-order valence-electron chi connectivity index (χ3n) is 5.49. The molecule has 5 rings (SSSR count). The van der Waals surface area contributed by atoms with Gasteiger partial charge in [-0.2, -0.15) is 0 Å². The molecule has 0 spiro atoms. The Morgan fingerprint density at radius 3 is 2.94 bits per heavy atom. The van der Waals surface area contributed by atoms with Crippen molar-refractivity contribution in [3.05, 3.63) is 53.4 Å². The van der Waals surface area contributed by atoms with Gasteiger partial charge in [-0.3, -0.25) is 4.40 Å². The molecule has 4 aromatic rings. The molecule has 1 saturated heterocycles. The lowest BCUT2D eigenvalue weighted by atomic mass is 10.2. The molecular weight excluding hydrogens is 418 g/mol. The maximum Gasteiger partial charge on any atom is 0.404 e. The Labute approximate surface area is 182 Å². The molecule has 0 unspecified atom stereocenters. The van der Waals surface area contributed by atoms with Gasteiger partial charge in [0.1, 0.15) is 23.2 Å². The lowest BCUT2D eigenvalue weighted by Gasteiger charge is -2.18. The molecule has 3 N–H and O–H groups in total. The predicted molar refractivity (Wildman–Crippen MR) is 120 cm³/mol. The number of imidazole rings is 1. The molecule has 0 aliphatic carbocycles. The van der Waals surface area contributed by atoms with Crippen LogP contribution in [-0.2, 0) is 0 Å². The number of pyridine rings is 1. The smallest absolute Gasteiger partial charge is 0.404 e. The van der Waals surface area contributed by atoms with E-state index in [0.29, 0.717) is 28.5 Å². The van der Waals surface area contributed by atoms with Crippen molar-refractivity contribution in [3.8, 4) is 0 Å². The first kappa shape index (κ1) is 19.4. The second kappa shape index (κ2) is 7.59. The Bertz CT molecular complexity index is 1290. The maximum absolute atomic E-state index is 10.9. The van der Waals surface area contributed by atoms with E-state index in [1.165, 1.54) is 0 Å². The third-order valence-corrected chi connectivity index (χ3v) is 5.80. The molecule has 1 aliphatic rings. The number of aromatic nitrogens is 4. The number of nitrogens with zero attached hydrogens (tertiary/aromatic N) is 5. The zero-order valence-corrected chi connectivity index (χ0v) is 17.5. The molecule has 10 heteroatoms. The van der Waals surface area contributed by atoms with Crippen molar-refractivity contribution < 1.29 is 9.90 Å². The number of anilines is 3. The van der Waals surface area contributed by atoms with Crippen LogP contribution in [0.25, 0.3) is 16.7 Å². The number of carboxylic acid groups (broad SMARTS) is 1. The zero-order chi connectivity index (χ0) is 21.5. The minimum atomic E-state index is -1.00. The number of benzene rings is 1. The first-order chi connectivity index (χ1) is 15.0. The maximum atomic E-state index is 10.9. The Morgan fingerprint density at radius 2 is 2.13 bits per heavy atom. The van der Waals surface area contributed by atoms with Crippen molar-refractivity contribution >= 4 is 51.7 Å². The van der Waals surface area contributed by atoms with Crippen molar-refractivity contribution in [1.29, 1.82) is 0 Å². The van der Waals surface area contributed by atoms with Gasteiger partial charge in [0.2, 0.25) is 0 Å². The van der Waals surface area contributed by atoms with Gasteiger partial charge in [0.25, 0.3) is 0 Å². The number of carbonyl (C=O) groups is 1. The van der Waals surface area contributed by atoms with Gasteiger partial charge in [0, 0.05) is 13.1 Å². The summed E-state index contributed by atoms with van der Waals surface area (Å²) >= 11 is 6.39. The molecule has 9 nitrogen and oxygen atoms in total. The second-order valence-electron chi connectivity index (χ2n) is 7.56. The summed E-state index contributed by atoms with van der Waals surface area (Å²) in [6.45, 7) is 3.30. The van der Waals surface area contributed by atoms with E-state index in [2.05, 4.69) is 20.5 Å². The average Bonchev–Trinajstić information content (AvgIpc) is 3.40. The predicted octanol–water partition coefficient (Wildman–Crippen LogP) is 3.83. The largest absolute Gasteiger partial charge is 0.465 e. The van der Waals surface area contributed by atoms with E-state index in [9.17, 15) is 4.79 Å². The molecule has 0 bridgehead atoms. The van der Waals surface area contributed by atoms with Gasteiger partial charge >= 0.3 is 6.09 Å². The summed E-state index contributed by atoms with van der Waals surface area (Å²) in [6, 6.07) is 9.45. The number of nitrogens with one attached hydrogen (secondary N) is 2. The van der Waals surface area contributed by atoms with Gasteiger partial charge in [0.05, 0.1) is 22.9 Å². The fourth-order valence-corrected chi connectivity index (χ4v) is 4.22. The highest BCUT2D eigenvalue weighted by molar-refractivity contribution is 6.33. The monoisotopic (exact) mass is 437 g/mol. The number of rotatable bonds is 4. The molecule has 0 radical (unpaired) electrons. The van der Waals surface area contributed by atoms with Crippen LogP contribution in [0.1, 0.15) is 12.0 Å². The number of fused-ring (bicyclic) bond motifs is 3. The fourth-order valence-electron chi connectivity index (χ4n) is 3.95. The molecule has 31 heavy (non-hydrogen) atoms. The first-order valence-corrected chi connectivity index (χ1v) is 10.3. The van der Waals surface area contributed by atoms with Crippen LogP contribution in [0, 0.1) is 6.92 Å². The number of aryl methyl sites for hydroxylation is 1. The molecule has 1 aliphatic heterocycles. The summed E-state index contributed by atoms with van der Waals surface area (Å²) in [5.74, 6) is 1.42. The van der Waals surface area contributed by atoms with Gasteiger partial charge < -0.3 is 20.6 Å². The number of amides is 1. The molecule has 1 amide bonds. The van der Waals surface area contributed by atoms with E-state index in [1.54, 1.807) is 12.5 Å². The Kier molecular flexibility index (Phi) is 4.74. The lowest BCUT2D eigenvalue weighted by molar-refractivity contribution is 0.191. The Hall–Kier alpha value is -3.59. The van der Waals surface area contributed by atoms with E-state index in [-0.39, 0.29) is 6.04 Å². The van der Waals surface area contributed by atoms with E-state index < -0.39 is 6.09 Å². The van der Waals surface area contributed by atoms with E-state index in [0.717, 1.165) is 35.6 Å². The van der Waals surface area contributed by atoms with Crippen molar-refractivity contribution in [2.45, 2.75) is 19.4 Å². The van der Waals surface area contributed by atoms with Crippen LogP contribution in [0.3, 0.4) is 0 Å². The first-order valence-electron chi connectivity index (χ1n) is 9.89. The fraction of sp³-hybridized carbons (Fsp3) is 0.238. The molecule has 1 aromatic carbocycles. The molecule has 1 fully saturated rings. The summed E-state index contributed by atoms with van der Waals surface area (Å²) in [5, 5.41) is 15.5. The zero-order valence-electron chi connectivity index (χ0n) is 16.7. The van der Waals surface area contributed by atoms with Crippen molar-refractivity contribution in [2.75, 3.05) is 23.3 Å². The van der Waals surface area contributed by atoms with Crippen LogP contribution in [0.15, 0.2) is 42.9 Å². The highest BCUT2D eigenvalue weighted by atomic mass is 35.5. The quantitative estimate of drug-likeness (QED) is 0.445. The molecule has 158 valence electrons. The minimum absolute atomic E-state index is 0.105. The van der Waals surface area contributed by atoms with Crippen molar-refractivity contribution in [3.63, 3.8) is 0 Å². The van der Waals surface area contributed by atoms with E-state index in [1.807, 2.05) is 41.7 Å². The van der Waals surface area contributed by atoms with E-state index >= 15 is 0 Å². The average molecular weight is 438 g/mol. The van der Waals surface area contributed by atoms with Crippen LogP contribution < -0.4 is 15.5 Å². The Balaban J connectivity index is 1.53. The SMILES string of the molecule is Cc1cccc(Cl)c1Nc1nc2ccc(N3CC[C@H](NC(=O)O)C3)nc2n2cncc12. The van der Waals surface area contributed by atoms with Crippen LogP contribution in [0.4, 0.5) is 22.1 Å². The van der Waals surface area contributed by atoms with Crippen molar-refractivity contribution in [1.82, 2.24) is 24.7 Å². The van der Waals surface area contributed by atoms with Crippen LogP contribution in [0.5, 0.6) is 0 Å². The number of para-hydroxylation sites is 1. The summed E-state index contributed by atoms with van der Waals surface area (Å²) in [7, 11) is 0. The summed E-state index contributed by atoms with van der Waals surface area (Å²) in [5.41, 5.74) is 3.99. The van der Waals surface area contributed by atoms with Gasteiger partial charge in [-0.1, -0.05) is 23.7 Å². The highest BCUT2D eigenvalue weighted by Gasteiger charge is 2.25. The second-order valence-corrected chi connectivity index (χ2v) is 7.97. The van der Waals surface area contributed by atoms with Gasteiger partial charge in [-0.15, -0.1) is 0 Å². The molecule has 3 aromatic heterocycles. The summed E-state index contributed by atoms with van der Waals surface area (Å²) < 4.78 is 1.89. The van der Waals surface area contributed by atoms with Crippen LogP contribution >= 0.6 is 11.6 Å². The normalized spacial score (nSPS) is 16.2. The van der Waals surface area contributed by atoms with Gasteiger partial charge in [-0.05, 0) is 37.1 Å². The van der Waals surface area contributed by atoms with Crippen LogP contribution in [0.2, 0.25) is 5.02 Å². The molecule has 0 saturated carbocycles. The topological polar surface area (TPSA) is 108 Å². The van der Waals surface area contributed by atoms with Gasteiger partial charge in [0.15, 0.2) is 11.5 Å². The molecular formula is C21H20ClN7O2. The van der Waals surface area contributed by atoms with Crippen molar-refractivity contribution in [2.24, 2.45) is 0 Å². The lowest BCUT2D eigenvalue weighted by Crippen LogP contribution is -2.36. The number of halogens is 1. The highest BCUT2D eigenvalue weighted by Crippen LogP contribution is 2.31. The van der Waals surface area contributed by atoms with Gasteiger partial charge in [-0.25, -0.2) is 19.7 Å². The summed E-state index contributed by atoms with van der Waals surface area (Å²) in [6.07, 6.45) is 3.18. The molecule has 4 heterocycles. The summed E-state index contributed by atoms with van der Waals surface area (Å²) in [4.78, 5) is 26.9. The number of hydrogen-bond donors (Lipinski definition) is 3. The Morgan fingerprint density at radius 1 is 1.26 bits per heavy atom. The number of hydrogen-bond acceptors (Lipinski definition) is 6. The minimum Gasteiger partial charge on any atom is -0.465 e. The molecule has 1 atom stereocenters. The third kappa shape index (κ3) is 3.57. The van der Waals surface area contributed by atoms with E-state index in [4.69, 9.17) is 26.7 Å². The van der Waals surface area contributed by atoms with Crippen LogP contribution in [-0.4, -0.2) is 49.7 Å². The standard InChI is InChI=1S/C21H20ClN7O2/c1-12-3-2-4-14(22)18(12)27-19-16-9-23-11-29(16)20-15(25-19)5-6-17(26-20)28-8-7-13(10-28)24-21(30)31/h2-6,9,11,13,24H,7-8,10H2,1H3,(H,25,27)(H,30,31)/t13-/m0/s1.